The maximum Gasteiger partial charge on any atom is 0.408 e. The third kappa shape index (κ3) is 10.5. The minimum Gasteiger partial charge on any atom is -0.464 e. The molecule has 0 aromatic carbocycles. The van der Waals surface area contributed by atoms with Crippen LogP contribution in [0.2, 0.25) is 0 Å². The fourth-order valence-electron chi connectivity index (χ4n) is 1.85. The summed E-state index contributed by atoms with van der Waals surface area (Å²) >= 11 is 0. The number of hydrogen-bond acceptors (Lipinski definition) is 4. The van der Waals surface area contributed by atoms with Gasteiger partial charge in [-0.25, -0.2) is 9.59 Å². The van der Waals surface area contributed by atoms with E-state index in [0.29, 0.717) is 12.5 Å². The van der Waals surface area contributed by atoms with Crippen LogP contribution in [-0.2, 0) is 14.3 Å². The van der Waals surface area contributed by atoms with E-state index in [-0.39, 0.29) is 5.92 Å². The van der Waals surface area contributed by atoms with Crippen LogP contribution in [0.15, 0.2) is 0 Å². The number of unbranched alkanes of at least 4 members (excludes halogenated alkanes) is 1. The molecule has 0 saturated heterocycles. The molecule has 0 heterocycles. The predicted molar refractivity (Wildman–Crippen MR) is 87.6 cm³/mol. The van der Waals surface area contributed by atoms with E-state index in [9.17, 15) is 9.59 Å². The van der Waals surface area contributed by atoms with E-state index in [0.717, 1.165) is 19.3 Å². The molecule has 0 aliphatic heterocycles. The summed E-state index contributed by atoms with van der Waals surface area (Å²) < 4.78 is 10.4. The Morgan fingerprint density at radius 2 is 1.64 bits per heavy atom. The molecule has 0 aromatic heterocycles. The number of nitrogens with one attached hydrogen (secondary N) is 1. The fraction of sp³-hybridized carbons (Fsp3) is 0.882. The molecule has 22 heavy (non-hydrogen) atoms. The second kappa shape index (κ2) is 9.70. The Balaban J connectivity index is 4.26. The maximum absolute atomic E-state index is 12.1. The number of carbonyl (C=O) groups is 2. The van der Waals surface area contributed by atoms with Gasteiger partial charge in [-0.2, -0.15) is 0 Å². The number of ether oxygens (including phenoxy) is 2. The molecule has 0 fully saturated rings. The van der Waals surface area contributed by atoms with Crippen LogP contribution in [0.25, 0.3) is 0 Å². The van der Waals surface area contributed by atoms with E-state index in [1.165, 1.54) is 0 Å². The summed E-state index contributed by atoms with van der Waals surface area (Å²) in [6, 6.07) is -0.681. The highest BCUT2D eigenvalue weighted by atomic mass is 16.6. The van der Waals surface area contributed by atoms with E-state index >= 15 is 0 Å². The van der Waals surface area contributed by atoms with Gasteiger partial charge in [0, 0.05) is 0 Å². The van der Waals surface area contributed by atoms with Gasteiger partial charge in [-0.05, 0) is 45.4 Å². The van der Waals surface area contributed by atoms with Gasteiger partial charge in [-0.3, -0.25) is 0 Å². The van der Waals surface area contributed by atoms with Crippen molar-refractivity contribution in [3.05, 3.63) is 0 Å². The Bertz CT molecular complexity index is 345. The minimum absolute atomic E-state index is 0.0596. The molecule has 0 radical (unpaired) electrons. The quantitative estimate of drug-likeness (QED) is 0.545. The number of esters is 1. The van der Waals surface area contributed by atoms with Crippen molar-refractivity contribution in [2.45, 2.75) is 79.4 Å². The van der Waals surface area contributed by atoms with Gasteiger partial charge in [-0.15, -0.1) is 0 Å². The summed E-state index contributed by atoms with van der Waals surface area (Å²) in [6.07, 6.45) is 2.42. The lowest BCUT2D eigenvalue weighted by Gasteiger charge is -2.24. The molecule has 1 N–H and O–H groups in total. The Labute approximate surface area is 135 Å². The van der Waals surface area contributed by atoms with Crippen molar-refractivity contribution in [3.63, 3.8) is 0 Å². The molecule has 0 rings (SSSR count). The van der Waals surface area contributed by atoms with E-state index in [1.807, 2.05) is 13.8 Å². The number of carbonyl (C=O) groups excluding carboxylic acids is 2. The van der Waals surface area contributed by atoms with Crippen LogP contribution < -0.4 is 5.32 Å². The second-order valence-electron chi connectivity index (χ2n) is 7.43. The van der Waals surface area contributed by atoms with Crippen molar-refractivity contribution in [2.24, 2.45) is 11.8 Å². The van der Waals surface area contributed by atoms with Crippen molar-refractivity contribution in [1.82, 2.24) is 5.32 Å². The zero-order valence-electron chi connectivity index (χ0n) is 15.2. The third-order valence-corrected chi connectivity index (χ3v) is 3.01. The van der Waals surface area contributed by atoms with Crippen molar-refractivity contribution in [1.29, 1.82) is 0 Å². The molecule has 0 saturated carbocycles. The van der Waals surface area contributed by atoms with E-state index in [1.54, 1.807) is 20.8 Å². The molecule has 5 nitrogen and oxygen atoms in total. The van der Waals surface area contributed by atoms with Gasteiger partial charge in [-0.1, -0.05) is 34.1 Å². The molecular weight excluding hydrogens is 282 g/mol. The molecule has 1 amide bonds. The van der Waals surface area contributed by atoms with Crippen LogP contribution >= 0.6 is 0 Å². The molecule has 1 atom stereocenters. The van der Waals surface area contributed by atoms with Crippen molar-refractivity contribution in [2.75, 3.05) is 6.61 Å². The van der Waals surface area contributed by atoms with E-state index in [2.05, 4.69) is 19.2 Å². The topological polar surface area (TPSA) is 64.6 Å². The molecule has 0 bridgehead atoms. The van der Waals surface area contributed by atoms with Crippen molar-refractivity contribution >= 4 is 12.1 Å². The standard InChI is InChI=1S/C17H33NO4/c1-12(2)10-8-9-11-21-15(19)14(13(3)4)18-16(20)22-17(5,6)7/h12-14H,8-11H2,1-7H3,(H,18,20). The summed E-state index contributed by atoms with van der Waals surface area (Å²) in [5.41, 5.74) is -0.591. The van der Waals surface area contributed by atoms with Crippen LogP contribution in [0.5, 0.6) is 0 Å². The zero-order valence-corrected chi connectivity index (χ0v) is 15.2. The number of alkyl carbamates (subject to hydrolysis) is 1. The summed E-state index contributed by atoms with van der Waals surface area (Å²) in [5.74, 6) is 0.203. The predicted octanol–water partition coefficient (Wildman–Crippen LogP) is 3.91. The lowest BCUT2D eigenvalue weighted by molar-refractivity contribution is -0.147. The van der Waals surface area contributed by atoms with Gasteiger partial charge in [0.15, 0.2) is 0 Å². The summed E-state index contributed by atoms with van der Waals surface area (Å²) in [7, 11) is 0. The Morgan fingerprint density at radius 1 is 1.05 bits per heavy atom. The van der Waals surface area contributed by atoms with Crippen LogP contribution in [0.3, 0.4) is 0 Å². The van der Waals surface area contributed by atoms with Crippen molar-refractivity contribution < 1.29 is 19.1 Å². The lowest BCUT2D eigenvalue weighted by Crippen LogP contribution is -2.47. The molecule has 5 heteroatoms. The zero-order chi connectivity index (χ0) is 17.3. The first kappa shape index (κ1) is 20.7. The summed E-state index contributed by atoms with van der Waals surface area (Å²) in [6.45, 7) is 13.8. The third-order valence-electron chi connectivity index (χ3n) is 3.01. The smallest absolute Gasteiger partial charge is 0.408 e. The number of amides is 1. The largest absolute Gasteiger partial charge is 0.464 e. The van der Waals surface area contributed by atoms with Gasteiger partial charge in [0.05, 0.1) is 6.61 Å². The molecular formula is C17H33NO4. The Kier molecular flexibility index (Phi) is 9.14. The Morgan fingerprint density at radius 3 is 2.09 bits per heavy atom. The SMILES string of the molecule is CC(C)CCCCOC(=O)C(NC(=O)OC(C)(C)C)C(C)C. The van der Waals surface area contributed by atoms with E-state index < -0.39 is 23.7 Å². The van der Waals surface area contributed by atoms with E-state index in [4.69, 9.17) is 9.47 Å². The van der Waals surface area contributed by atoms with Crippen LogP contribution in [0, 0.1) is 11.8 Å². The molecule has 0 aromatic rings. The van der Waals surface area contributed by atoms with Crippen LogP contribution in [0.4, 0.5) is 4.79 Å². The maximum atomic E-state index is 12.1. The summed E-state index contributed by atoms with van der Waals surface area (Å²) in [5, 5.41) is 2.60. The van der Waals surface area contributed by atoms with Crippen LogP contribution in [0.1, 0.15) is 67.7 Å². The first-order chi connectivity index (χ1) is 10.0. The monoisotopic (exact) mass is 315 g/mol. The highest BCUT2D eigenvalue weighted by Gasteiger charge is 2.27. The van der Waals surface area contributed by atoms with Gasteiger partial charge >= 0.3 is 12.1 Å². The number of hydrogen-bond donors (Lipinski definition) is 1. The highest BCUT2D eigenvalue weighted by molar-refractivity contribution is 5.81. The fourth-order valence-corrected chi connectivity index (χ4v) is 1.85. The average molecular weight is 315 g/mol. The van der Waals surface area contributed by atoms with Crippen LogP contribution in [-0.4, -0.2) is 30.3 Å². The normalized spacial score (nSPS) is 13.1. The van der Waals surface area contributed by atoms with Gasteiger partial charge in [0.2, 0.25) is 0 Å². The average Bonchev–Trinajstić information content (AvgIpc) is 2.32. The molecule has 0 spiro atoms. The molecule has 0 aliphatic carbocycles. The first-order valence-electron chi connectivity index (χ1n) is 8.19. The van der Waals surface area contributed by atoms with Gasteiger partial charge < -0.3 is 14.8 Å². The minimum atomic E-state index is -0.681. The van der Waals surface area contributed by atoms with Gasteiger partial charge in [0.1, 0.15) is 11.6 Å². The first-order valence-corrected chi connectivity index (χ1v) is 8.19. The molecule has 0 aliphatic rings. The van der Waals surface area contributed by atoms with Gasteiger partial charge in [0.25, 0.3) is 0 Å². The molecule has 1 unspecified atom stereocenters. The highest BCUT2D eigenvalue weighted by Crippen LogP contribution is 2.10. The molecule has 130 valence electrons. The lowest BCUT2D eigenvalue weighted by atomic mass is 10.0. The van der Waals surface area contributed by atoms with Crippen molar-refractivity contribution in [3.8, 4) is 0 Å². The number of rotatable bonds is 8. The second-order valence-corrected chi connectivity index (χ2v) is 7.43. The Hall–Kier alpha value is -1.26. The summed E-state index contributed by atoms with van der Waals surface area (Å²) in [4.78, 5) is 23.9.